The quantitative estimate of drug-likeness (QED) is 0.376. The van der Waals surface area contributed by atoms with Crippen molar-refractivity contribution in [2.24, 2.45) is 5.16 Å². The van der Waals surface area contributed by atoms with Gasteiger partial charge in [0.15, 0.2) is 0 Å². The van der Waals surface area contributed by atoms with Crippen LogP contribution in [0.1, 0.15) is 32.3 Å². The number of Topliss-reactive ketones (excluding diaryl/α,β-unsaturated/α-hetero) is 1. The van der Waals surface area contributed by atoms with Crippen molar-refractivity contribution >= 4 is 17.6 Å². The average Bonchev–Trinajstić information content (AvgIpc) is 2.37. The molecule has 3 nitrogen and oxygen atoms in total. The number of allylic oxidation sites excluding steroid dienone is 1. The van der Waals surface area contributed by atoms with Gasteiger partial charge in [0.25, 0.3) is 0 Å². The molecule has 0 aliphatic rings. The third-order valence-corrected chi connectivity index (χ3v) is 2.48. The molecule has 1 N–H and O–H groups in total. The van der Waals surface area contributed by atoms with Crippen LogP contribution in [0.5, 0.6) is 0 Å². The third kappa shape index (κ3) is 3.80. The first-order valence-corrected chi connectivity index (χ1v) is 5.78. The second-order valence-corrected chi connectivity index (χ2v) is 4.00. The van der Waals surface area contributed by atoms with Crippen molar-refractivity contribution in [1.82, 2.24) is 0 Å². The van der Waals surface area contributed by atoms with E-state index in [2.05, 4.69) is 5.16 Å². The topological polar surface area (TPSA) is 49.7 Å². The van der Waals surface area contributed by atoms with Gasteiger partial charge in [-0.1, -0.05) is 30.6 Å². The van der Waals surface area contributed by atoms with Crippen molar-refractivity contribution in [1.29, 1.82) is 0 Å². The van der Waals surface area contributed by atoms with E-state index >= 15 is 0 Å². The lowest BCUT2D eigenvalue weighted by Crippen LogP contribution is -2.14. The first-order chi connectivity index (χ1) is 8.58. The average molecular weight is 249 g/mol. The largest absolute Gasteiger partial charge is 0.411 e. The number of benzene rings is 1. The van der Waals surface area contributed by atoms with Gasteiger partial charge in [-0.15, -0.1) is 0 Å². The summed E-state index contributed by atoms with van der Waals surface area (Å²) in [6.07, 6.45) is 2.81. The molecule has 1 aromatic carbocycles. The molecule has 0 aliphatic carbocycles. The summed E-state index contributed by atoms with van der Waals surface area (Å²) in [5.74, 6) is -0.608. The summed E-state index contributed by atoms with van der Waals surface area (Å²) < 4.78 is 12.7. The van der Waals surface area contributed by atoms with Crippen LogP contribution in [0, 0.1) is 5.82 Å². The van der Waals surface area contributed by atoms with Crippen LogP contribution in [0.2, 0.25) is 0 Å². The van der Waals surface area contributed by atoms with Gasteiger partial charge >= 0.3 is 0 Å². The summed E-state index contributed by atoms with van der Waals surface area (Å²) in [4.78, 5) is 11.9. The lowest BCUT2D eigenvalue weighted by atomic mass is 10.0. The van der Waals surface area contributed by atoms with Crippen LogP contribution < -0.4 is 0 Å². The monoisotopic (exact) mass is 249 g/mol. The summed E-state index contributed by atoms with van der Waals surface area (Å²) in [5.41, 5.74) is 1.34. The van der Waals surface area contributed by atoms with Crippen molar-refractivity contribution in [3.05, 3.63) is 41.2 Å². The van der Waals surface area contributed by atoms with E-state index in [4.69, 9.17) is 5.21 Å². The van der Waals surface area contributed by atoms with Crippen LogP contribution >= 0.6 is 0 Å². The Kier molecular flexibility index (Phi) is 5.24. The van der Waals surface area contributed by atoms with Crippen molar-refractivity contribution in [2.75, 3.05) is 0 Å². The predicted molar refractivity (Wildman–Crippen MR) is 69.2 cm³/mol. The number of carbonyl (C=O) groups is 1. The van der Waals surface area contributed by atoms with E-state index in [-0.39, 0.29) is 17.3 Å². The minimum Gasteiger partial charge on any atom is -0.411 e. The molecule has 1 rings (SSSR count). The van der Waals surface area contributed by atoms with Gasteiger partial charge in [0.2, 0.25) is 5.78 Å². The van der Waals surface area contributed by atoms with Gasteiger partial charge in [0.05, 0.1) is 0 Å². The molecule has 0 amide bonds. The molecule has 0 aliphatic heterocycles. The van der Waals surface area contributed by atoms with Gasteiger partial charge in [0.1, 0.15) is 11.5 Å². The van der Waals surface area contributed by atoms with Crippen molar-refractivity contribution < 1.29 is 14.4 Å². The standard InChI is InChI=1S/C14H16FNO2/c1-3-4-13(16-18)14(17)10(2)9-11-5-7-12(15)8-6-11/h5-9,18H,3-4H2,1-2H3. The summed E-state index contributed by atoms with van der Waals surface area (Å²) in [6.45, 7) is 3.55. The normalized spacial score (nSPS) is 12.6. The van der Waals surface area contributed by atoms with Gasteiger partial charge in [-0.3, -0.25) is 4.79 Å². The molecular formula is C14H16FNO2. The molecule has 0 spiro atoms. The maximum atomic E-state index is 12.7. The Bertz CT molecular complexity index is 475. The van der Waals surface area contributed by atoms with Crippen LogP contribution in [0.3, 0.4) is 0 Å². The lowest BCUT2D eigenvalue weighted by Gasteiger charge is -2.02. The first kappa shape index (κ1) is 14.1. The van der Waals surface area contributed by atoms with E-state index in [1.165, 1.54) is 12.1 Å². The van der Waals surface area contributed by atoms with Crippen LogP contribution in [-0.4, -0.2) is 16.7 Å². The number of ketones is 1. The molecule has 0 saturated heterocycles. The lowest BCUT2D eigenvalue weighted by molar-refractivity contribution is -0.109. The maximum absolute atomic E-state index is 12.7. The Morgan fingerprint density at radius 3 is 2.50 bits per heavy atom. The van der Waals surface area contributed by atoms with Gasteiger partial charge < -0.3 is 5.21 Å². The molecule has 1 aromatic rings. The molecule has 0 saturated carbocycles. The second kappa shape index (κ2) is 6.69. The summed E-state index contributed by atoms with van der Waals surface area (Å²) in [5, 5.41) is 11.8. The highest BCUT2D eigenvalue weighted by molar-refractivity contribution is 6.46. The molecular weight excluding hydrogens is 233 g/mol. The van der Waals surface area contributed by atoms with E-state index in [0.717, 1.165) is 12.0 Å². The van der Waals surface area contributed by atoms with Crippen molar-refractivity contribution in [3.8, 4) is 0 Å². The van der Waals surface area contributed by atoms with E-state index in [9.17, 15) is 9.18 Å². The molecule has 18 heavy (non-hydrogen) atoms. The number of carbonyl (C=O) groups excluding carboxylic acids is 1. The fourth-order valence-electron chi connectivity index (χ4n) is 1.55. The zero-order valence-corrected chi connectivity index (χ0v) is 10.5. The molecule has 0 aromatic heterocycles. The molecule has 0 atom stereocenters. The number of hydrogen-bond acceptors (Lipinski definition) is 3. The zero-order valence-electron chi connectivity index (χ0n) is 10.5. The molecule has 0 radical (unpaired) electrons. The SMILES string of the molecule is CCCC(=NO)C(=O)C(C)=Cc1ccc(F)cc1. The van der Waals surface area contributed by atoms with E-state index in [1.807, 2.05) is 6.92 Å². The van der Waals surface area contributed by atoms with Crippen LogP contribution in [0.25, 0.3) is 6.08 Å². The fraction of sp³-hybridized carbons (Fsp3) is 0.286. The molecule has 4 heteroatoms. The van der Waals surface area contributed by atoms with Crippen molar-refractivity contribution in [2.45, 2.75) is 26.7 Å². The predicted octanol–water partition coefficient (Wildman–Crippen LogP) is 3.43. The number of halogens is 1. The highest BCUT2D eigenvalue weighted by atomic mass is 19.1. The van der Waals surface area contributed by atoms with Crippen LogP contribution in [-0.2, 0) is 4.79 Å². The zero-order chi connectivity index (χ0) is 13.5. The van der Waals surface area contributed by atoms with E-state index < -0.39 is 0 Å². The van der Waals surface area contributed by atoms with E-state index in [0.29, 0.717) is 12.0 Å². The van der Waals surface area contributed by atoms with Crippen LogP contribution in [0.15, 0.2) is 35.0 Å². The molecule has 0 unspecified atom stereocenters. The summed E-state index contributed by atoms with van der Waals surface area (Å²) in [6, 6.07) is 5.83. The third-order valence-electron chi connectivity index (χ3n) is 2.48. The highest BCUT2D eigenvalue weighted by Gasteiger charge is 2.13. The smallest absolute Gasteiger partial charge is 0.206 e. The highest BCUT2D eigenvalue weighted by Crippen LogP contribution is 2.10. The van der Waals surface area contributed by atoms with Gasteiger partial charge in [0, 0.05) is 0 Å². The minimum absolute atomic E-state index is 0.147. The first-order valence-electron chi connectivity index (χ1n) is 5.78. The Balaban J connectivity index is 2.89. The van der Waals surface area contributed by atoms with Crippen LogP contribution in [0.4, 0.5) is 4.39 Å². The number of rotatable bonds is 5. The Labute approximate surface area is 106 Å². The molecule has 0 bridgehead atoms. The maximum Gasteiger partial charge on any atom is 0.206 e. The minimum atomic E-state index is -0.320. The number of oxime groups is 1. The van der Waals surface area contributed by atoms with Gasteiger partial charge in [-0.2, -0.15) is 0 Å². The molecule has 96 valence electrons. The Hall–Kier alpha value is -1.97. The summed E-state index contributed by atoms with van der Waals surface area (Å²) >= 11 is 0. The number of nitrogens with zero attached hydrogens (tertiary/aromatic N) is 1. The molecule has 0 heterocycles. The number of hydrogen-bond donors (Lipinski definition) is 1. The van der Waals surface area contributed by atoms with Gasteiger partial charge in [-0.25, -0.2) is 4.39 Å². The Morgan fingerprint density at radius 1 is 1.39 bits per heavy atom. The van der Waals surface area contributed by atoms with Crippen molar-refractivity contribution in [3.63, 3.8) is 0 Å². The Morgan fingerprint density at radius 2 is 2.00 bits per heavy atom. The fourth-order valence-corrected chi connectivity index (χ4v) is 1.55. The molecule has 0 fully saturated rings. The second-order valence-electron chi connectivity index (χ2n) is 4.00. The van der Waals surface area contributed by atoms with E-state index in [1.54, 1.807) is 25.1 Å². The summed E-state index contributed by atoms with van der Waals surface area (Å²) in [7, 11) is 0. The van der Waals surface area contributed by atoms with Gasteiger partial charge in [-0.05, 0) is 42.7 Å².